The average Bonchev–Trinajstić information content (AvgIpc) is 3.38. The fraction of sp³-hybridized carbons (Fsp3) is 0.0476. The van der Waals surface area contributed by atoms with Gasteiger partial charge < -0.3 is 20.0 Å². The van der Waals surface area contributed by atoms with E-state index in [1.165, 1.54) is 11.9 Å². The molecule has 142 valence electrons. The van der Waals surface area contributed by atoms with Gasteiger partial charge in [0.25, 0.3) is 0 Å². The van der Waals surface area contributed by atoms with E-state index in [1.807, 2.05) is 61.5 Å². The molecule has 0 saturated heterocycles. The molecule has 0 aliphatic rings. The molecule has 0 atom stereocenters. The Bertz CT molecular complexity index is 1290. The van der Waals surface area contributed by atoms with Crippen LogP contribution in [0.4, 0.5) is 11.6 Å². The van der Waals surface area contributed by atoms with Gasteiger partial charge in [-0.15, -0.1) is 10.2 Å². The fourth-order valence-electron chi connectivity index (χ4n) is 3.06. The number of aromatic nitrogens is 6. The third kappa shape index (κ3) is 3.51. The zero-order chi connectivity index (χ0) is 19.6. The molecular formula is C21H17N7O. The lowest BCUT2D eigenvalue weighted by molar-refractivity contribution is 0.468. The van der Waals surface area contributed by atoms with Crippen LogP contribution in [-0.2, 0) is 0 Å². The highest BCUT2D eigenvalue weighted by molar-refractivity contribution is 5.80. The molecule has 0 unspecified atom stereocenters. The lowest BCUT2D eigenvalue weighted by Gasteiger charge is -2.06. The maximum absolute atomic E-state index is 5.98. The van der Waals surface area contributed by atoms with Crippen LogP contribution in [0.25, 0.3) is 22.4 Å². The summed E-state index contributed by atoms with van der Waals surface area (Å²) in [7, 11) is 0. The molecule has 3 aromatic heterocycles. The first kappa shape index (κ1) is 16.9. The summed E-state index contributed by atoms with van der Waals surface area (Å²) in [5.74, 6) is 2.35. The number of benzene rings is 2. The van der Waals surface area contributed by atoms with Crippen LogP contribution < -0.4 is 10.1 Å². The van der Waals surface area contributed by atoms with Crippen LogP contribution in [-0.4, -0.2) is 30.1 Å². The summed E-state index contributed by atoms with van der Waals surface area (Å²) in [6.07, 6.45) is 3.28. The zero-order valence-corrected chi connectivity index (χ0v) is 15.5. The molecule has 3 heterocycles. The maximum Gasteiger partial charge on any atom is 0.231 e. The smallest absolute Gasteiger partial charge is 0.231 e. The van der Waals surface area contributed by atoms with Gasteiger partial charge in [0.2, 0.25) is 11.8 Å². The van der Waals surface area contributed by atoms with E-state index in [9.17, 15) is 0 Å². The minimum absolute atomic E-state index is 0.493. The van der Waals surface area contributed by atoms with Gasteiger partial charge in [-0.1, -0.05) is 24.3 Å². The van der Waals surface area contributed by atoms with Gasteiger partial charge in [-0.25, -0.2) is 9.97 Å². The van der Waals surface area contributed by atoms with Gasteiger partial charge in [0.05, 0.1) is 5.39 Å². The number of anilines is 2. The van der Waals surface area contributed by atoms with Gasteiger partial charge in [-0.2, -0.15) is 0 Å². The monoisotopic (exact) mass is 383 g/mol. The van der Waals surface area contributed by atoms with E-state index in [0.717, 1.165) is 22.3 Å². The molecule has 3 N–H and O–H groups in total. The summed E-state index contributed by atoms with van der Waals surface area (Å²) < 4.78 is 5.98. The van der Waals surface area contributed by atoms with Gasteiger partial charge in [0, 0.05) is 17.4 Å². The summed E-state index contributed by atoms with van der Waals surface area (Å²) in [6, 6.07) is 17.5. The third-order valence-electron chi connectivity index (χ3n) is 4.41. The number of rotatable bonds is 5. The molecule has 5 aromatic rings. The number of aryl methyl sites for hydroxylation is 1. The number of aromatic amines is 2. The summed E-state index contributed by atoms with van der Waals surface area (Å²) in [5.41, 5.74) is 3.70. The third-order valence-corrected chi connectivity index (χ3v) is 4.41. The van der Waals surface area contributed by atoms with Crippen molar-refractivity contribution < 1.29 is 4.74 Å². The summed E-state index contributed by atoms with van der Waals surface area (Å²) in [6.45, 7) is 2.04. The molecule has 8 nitrogen and oxygen atoms in total. The summed E-state index contributed by atoms with van der Waals surface area (Å²) in [5, 5.41) is 12.5. The first-order chi connectivity index (χ1) is 14.2. The van der Waals surface area contributed by atoms with Gasteiger partial charge in [0.1, 0.15) is 17.7 Å². The van der Waals surface area contributed by atoms with Crippen LogP contribution in [0.2, 0.25) is 0 Å². The molecule has 0 saturated carbocycles. The predicted molar refractivity (Wildman–Crippen MR) is 110 cm³/mol. The average molecular weight is 383 g/mol. The molecule has 29 heavy (non-hydrogen) atoms. The van der Waals surface area contributed by atoms with E-state index in [4.69, 9.17) is 4.74 Å². The van der Waals surface area contributed by atoms with Crippen LogP contribution >= 0.6 is 0 Å². The molecule has 0 aliphatic heterocycles. The number of H-pyrrole nitrogens is 2. The number of hydrogen-bond acceptors (Lipinski definition) is 6. The number of nitrogens with zero attached hydrogens (tertiary/aromatic N) is 4. The number of hydrogen-bond donors (Lipinski definition) is 3. The van der Waals surface area contributed by atoms with Crippen molar-refractivity contribution in [3.05, 3.63) is 72.7 Å². The quantitative estimate of drug-likeness (QED) is 0.410. The fourth-order valence-corrected chi connectivity index (χ4v) is 3.06. The minimum Gasteiger partial charge on any atom is -0.438 e. The van der Waals surface area contributed by atoms with Crippen LogP contribution in [0, 0.1) is 6.92 Å². The Balaban J connectivity index is 1.39. The van der Waals surface area contributed by atoms with Crippen LogP contribution in [0.1, 0.15) is 5.56 Å². The maximum atomic E-state index is 5.98. The molecule has 0 fully saturated rings. The van der Waals surface area contributed by atoms with Crippen molar-refractivity contribution in [2.45, 2.75) is 6.92 Å². The lowest BCUT2D eigenvalue weighted by atomic mass is 10.2. The first-order valence-electron chi connectivity index (χ1n) is 9.07. The van der Waals surface area contributed by atoms with Crippen LogP contribution in [0.3, 0.4) is 0 Å². The second-order valence-corrected chi connectivity index (χ2v) is 6.57. The Morgan fingerprint density at radius 1 is 0.966 bits per heavy atom. The highest BCUT2D eigenvalue weighted by Crippen LogP contribution is 2.29. The van der Waals surface area contributed by atoms with Crippen molar-refractivity contribution in [2.75, 3.05) is 5.32 Å². The molecular weight excluding hydrogens is 366 g/mol. The number of fused-ring (bicyclic) bond motifs is 1. The van der Waals surface area contributed by atoms with Crippen LogP contribution in [0.15, 0.2) is 67.1 Å². The highest BCUT2D eigenvalue weighted by atomic mass is 16.5. The standard InChI is InChI=1S/C21H17N7O/c1-13-4-2-6-15(10-13)25-21-26-18(27-28-21)14-5-3-7-16(11-14)29-20-17-8-9-22-19(17)23-12-24-20/h2-12H,1H3,(H,22,23,24)(H2,25,26,27,28). The van der Waals surface area contributed by atoms with Gasteiger partial charge in [-0.3, -0.25) is 0 Å². The van der Waals surface area contributed by atoms with Crippen molar-refractivity contribution in [1.29, 1.82) is 0 Å². The van der Waals surface area contributed by atoms with Crippen molar-refractivity contribution in [2.24, 2.45) is 0 Å². The van der Waals surface area contributed by atoms with Gasteiger partial charge in [0.15, 0.2) is 5.82 Å². The van der Waals surface area contributed by atoms with E-state index in [1.54, 1.807) is 6.20 Å². The minimum atomic E-state index is 0.493. The van der Waals surface area contributed by atoms with E-state index in [2.05, 4.69) is 35.5 Å². The Morgan fingerprint density at radius 3 is 2.83 bits per heavy atom. The Labute approximate surface area is 166 Å². The molecule has 0 radical (unpaired) electrons. The number of nitrogens with one attached hydrogen (secondary N) is 3. The van der Waals surface area contributed by atoms with Gasteiger partial charge in [-0.05, 0) is 42.8 Å². The van der Waals surface area contributed by atoms with Crippen molar-refractivity contribution in [1.82, 2.24) is 30.1 Å². The Kier molecular flexibility index (Phi) is 4.14. The number of ether oxygens (including phenoxy) is 1. The zero-order valence-electron chi connectivity index (χ0n) is 15.5. The van der Waals surface area contributed by atoms with E-state index >= 15 is 0 Å². The summed E-state index contributed by atoms with van der Waals surface area (Å²) >= 11 is 0. The SMILES string of the molecule is Cc1cccc(Nc2nnc(-c3cccc(Oc4ncnc5[nH]ccc45)c3)[nH]2)c1. The topological polar surface area (TPSA) is 104 Å². The lowest BCUT2D eigenvalue weighted by Crippen LogP contribution is -1.92. The Hall–Kier alpha value is -4.20. The molecule has 0 amide bonds. The largest absolute Gasteiger partial charge is 0.438 e. The van der Waals surface area contributed by atoms with Gasteiger partial charge >= 0.3 is 0 Å². The molecule has 0 spiro atoms. The highest BCUT2D eigenvalue weighted by Gasteiger charge is 2.10. The molecule has 2 aromatic carbocycles. The van der Waals surface area contributed by atoms with Crippen molar-refractivity contribution in [3.63, 3.8) is 0 Å². The second kappa shape index (κ2) is 7.08. The van der Waals surface area contributed by atoms with Crippen LogP contribution in [0.5, 0.6) is 11.6 Å². The normalized spacial score (nSPS) is 10.9. The van der Waals surface area contributed by atoms with E-state index < -0.39 is 0 Å². The molecule has 0 aliphatic carbocycles. The van der Waals surface area contributed by atoms with E-state index in [0.29, 0.717) is 23.4 Å². The molecule has 8 heteroatoms. The summed E-state index contributed by atoms with van der Waals surface area (Å²) in [4.78, 5) is 14.7. The molecule has 0 bridgehead atoms. The first-order valence-corrected chi connectivity index (χ1v) is 9.07. The molecule has 5 rings (SSSR count). The van der Waals surface area contributed by atoms with Crippen molar-refractivity contribution >= 4 is 22.7 Å². The van der Waals surface area contributed by atoms with E-state index in [-0.39, 0.29) is 0 Å². The Morgan fingerprint density at radius 2 is 1.90 bits per heavy atom. The predicted octanol–water partition coefficient (Wildman–Crippen LogP) is 4.59. The van der Waals surface area contributed by atoms with Crippen molar-refractivity contribution in [3.8, 4) is 23.0 Å². The second-order valence-electron chi connectivity index (χ2n) is 6.57.